The summed E-state index contributed by atoms with van der Waals surface area (Å²) >= 11 is 0. The molecular formula is C17H20BN3O2. The number of nitrogens with zero attached hydrogens (tertiary/aromatic N) is 2. The second-order valence-corrected chi connectivity index (χ2v) is 6.20. The van der Waals surface area contributed by atoms with Crippen molar-refractivity contribution in [3.8, 4) is 0 Å². The van der Waals surface area contributed by atoms with Crippen molar-refractivity contribution in [1.29, 1.82) is 0 Å². The molecule has 1 atom stereocenters. The quantitative estimate of drug-likeness (QED) is 0.635. The van der Waals surface area contributed by atoms with Crippen molar-refractivity contribution in [1.82, 2.24) is 10.3 Å². The van der Waals surface area contributed by atoms with Crippen LogP contribution in [0, 0.1) is 5.92 Å². The van der Waals surface area contributed by atoms with E-state index in [9.17, 15) is 9.59 Å². The SMILES string of the molecule is C/C=C\C[C@H](NC(=O)c1cnc2c(c1)BC(C1CC1)=N2)C(C)=O. The lowest BCUT2D eigenvalue weighted by Crippen LogP contribution is -2.39. The minimum Gasteiger partial charge on any atom is -0.342 e. The molecule has 1 aliphatic heterocycles. The van der Waals surface area contributed by atoms with E-state index in [4.69, 9.17) is 0 Å². The van der Waals surface area contributed by atoms with E-state index >= 15 is 0 Å². The molecule has 1 aliphatic carbocycles. The highest BCUT2D eigenvalue weighted by Crippen LogP contribution is 2.33. The highest BCUT2D eigenvalue weighted by atomic mass is 16.2. The summed E-state index contributed by atoms with van der Waals surface area (Å²) in [6, 6.07) is 1.36. The number of Topliss-reactive ketones (excluding diaryl/α,β-unsaturated/α-hetero) is 1. The molecule has 1 saturated carbocycles. The molecule has 6 heteroatoms. The van der Waals surface area contributed by atoms with Gasteiger partial charge in [-0.05, 0) is 56.2 Å². The number of aromatic nitrogens is 1. The third-order valence-electron chi connectivity index (χ3n) is 4.28. The average Bonchev–Trinajstić information content (AvgIpc) is 3.29. The zero-order valence-electron chi connectivity index (χ0n) is 13.5. The van der Waals surface area contributed by atoms with Gasteiger partial charge in [0, 0.05) is 6.20 Å². The van der Waals surface area contributed by atoms with E-state index < -0.39 is 6.04 Å². The topological polar surface area (TPSA) is 71.4 Å². The Labute approximate surface area is 136 Å². The largest absolute Gasteiger partial charge is 0.342 e. The van der Waals surface area contributed by atoms with E-state index in [0.29, 0.717) is 17.9 Å². The molecule has 0 spiro atoms. The van der Waals surface area contributed by atoms with Crippen molar-refractivity contribution in [2.75, 3.05) is 0 Å². The number of rotatable bonds is 6. The monoisotopic (exact) mass is 309 g/mol. The predicted molar refractivity (Wildman–Crippen MR) is 92.2 cm³/mol. The summed E-state index contributed by atoms with van der Waals surface area (Å²) in [5.74, 6) is 1.04. The number of nitrogens with one attached hydrogen (secondary N) is 1. The zero-order valence-corrected chi connectivity index (χ0v) is 13.5. The Morgan fingerprint density at radius 2 is 2.26 bits per heavy atom. The lowest BCUT2D eigenvalue weighted by atomic mass is 9.66. The number of carbonyl (C=O) groups excluding carboxylic acids is 2. The van der Waals surface area contributed by atoms with Gasteiger partial charge in [-0.3, -0.25) is 9.59 Å². The summed E-state index contributed by atoms with van der Waals surface area (Å²) in [5, 5.41) is 2.79. The van der Waals surface area contributed by atoms with Crippen LogP contribution in [-0.2, 0) is 4.79 Å². The molecule has 3 rings (SSSR count). The predicted octanol–water partition coefficient (Wildman–Crippen LogP) is 1.25. The minimum atomic E-state index is -0.495. The van der Waals surface area contributed by atoms with Crippen LogP contribution in [0.3, 0.4) is 0 Å². The second-order valence-electron chi connectivity index (χ2n) is 6.20. The number of pyridine rings is 1. The third kappa shape index (κ3) is 3.58. The Morgan fingerprint density at radius 1 is 1.48 bits per heavy atom. The molecule has 5 nitrogen and oxygen atoms in total. The van der Waals surface area contributed by atoms with E-state index in [0.717, 1.165) is 18.6 Å². The summed E-state index contributed by atoms with van der Waals surface area (Å²) in [4.78, 5) is 32.9. The second kappa shape index (κ2) is 6.48. The normalized spacial score (nSPS) is 17.4. The van der Waals surface area contributed by atoms with Gasteiger partial charge >= 0.3 is 0 Å². The zero-order chi connectivity index (χ0) is 16.4. The van der Waals surface area contributed by atoms with E-state index in [-0.39, 0.29) is 11.7 Å². The van der Waals surface area contributed by atoms with Crippen molar-refractivity contribution in [2.24, 2.45) is 10.9 Å². The number of hydrogen-bond donors (Lipinski definition) is 1. The highest BCUT2D eigenvalue weighted by Gasteiger charge is 2.32. The van der Waals surface area contributed by atoms with Gasteiger partial charge in [0.1, 0.15) is 5.82 Å². The van der Waals surface area contributed by atoms with Crippen molar-refractivity contribution in [3.63, 3.8) is 0 Å². The van der Waals surface area contributed by atoms with Gasteiger partial charge < -0.3 is 5.32 Å². The number of aliphatic imine (C=N–C) groups is 1. The van der Waals surface area contributed by atoms with Crippen LogP contribution in [0.15, 0.2) is 29.4 Å². The van der Waals surface area contributed by atoms with Gasteiger partial charge in [0.2, 0.25) is 7.28 Å². The van der Waals surface area contributed by atoms with Crippen LogP contribution in [-0.4, -0.2) is 35.6 Å². The smallest absolute Gasteiger partial charge is 0.253 e. The summed E-state index contributed by atoms with van der Waals surface area (Å²) in [6.07, 6.45) is 8.22. The van der Waals surface area contributed by atoms with Gasteiger partial charge in [0.05, 0.1) is 11.6 Å². The van der Waals surface area contributed by atoms with Crippen LogP contribution in [0.1, 0.15) is 43.5 Å². The van der Waals surface area contributed by atoms with E-state index in [1.54, 1.807) is 6.20 Å². The maximum atomic E-state index is 12.4. The van der Waals surface area contributed by atoms with Crippen molar-refractivity contribution < 1.29 is 9.59 Å². The fourth-order valence-electron chi connectivity index (χ4n) is 2.72. The van der Waals surface area contributed by atoms with Crippen molar-refractivity contribution >= 4 is 35.9 Å². The molecule has 2 heterocycles. The van der Waals surface area contributed by atoms with Crippen LogP contribution >= 0.6 is 0 Å². The molecule has 23 heavy (non-hydrogen) atoms. The van der Waals surface area contributed by atoms with Crippen LogP contribution in [0.4, 0.5) is 5.82 Å². The van der Waals surface area contributed by atoms with Gasteiger partial charge in [-0.1, -0.05) is 12.2 Å². The molecule has 1 N–H and O–H groups in total. The summed E-state index contributed by atoms with van der Waals surface area (Å²) < 4.78 is 0. The number of fused-ring (bicyclic) bond motifs is 1. The minimum absolute atomic E-state index is 0.0510. The van der Waals surface area contributed by atoms with Crippen LogP contribution in [0.5, 0.6) is 0 Å². The third-order valence-corrected chi connectivity index (χ3v) is 4.28. The van der Waals surface area contributed by atoms with E-state index in [1.165, 1.54) is 25.4 Å². The van der Waals surface area contributed by atoms with Crippen LogP contribution in [0.2, 0.25) is 0 Å². The van der Waals surface area contributed by atoms with Gasteiger partial charge in [-0.15, -0.1) is 0 Å². The van der Waals surface area contributed by atoms with Crippen LogP contribution < -0.4 is 10.8 Å². The van der Waals surface area contributed by atoms with Crippen molar-refractivity contribution in [2.45, 2.75) is 39.2 Å². The van der Waals surface area contributed by atoms with Gasteiger partial charge in [-0.2, -0.15) is 0 Å². The molecular weight excluding hydrogens is 289 g/mol. The molecule has 1 amide bonds. The average molecular weight is 309 g/mol. The maximum Gasteiger partial charge on any atom is 0.253 e. The first-order valence-electron chi connectivity index (χ1n) is 8.07. The van der Waals surface area contributed by atoms with Gasteiger partial charge in [-0.25, -0.2) is 9.98 Å². The molecule has 0 aromatic carbocycles. The molecule has 0 radical (unpaired) electrons. The fraction of sp³-hybridized carbons (Fsp3) is 0.412. The number of hydrogen-bond acceptors (Lipinski definition) is 4. The molecule has 0 unspecified atom stereocenters. The molecule has 118 valence electrons. The first-order valence-corrected chi connectivity index (χ1v) is 8.07. The first kappa shape index (κ1) is 15.7. The Morgan fingerprint density at radius 3 is 2.91 bits per heavy atom. The Hall–Kier alpha value is -2.24. The number of amides is 1. The summed E-state index contributed by atoms with van der Waals surface area (Å²) in [6.45, 7) is 3.38. The Balaban J connectivity index is 1.69. The van der Waals surface area contributed by atoms with E-state index in [2.05, 4.69) is 15.3 Å². The highest BCUT2D eigenvalue weighted by molar-refractivity contribution is 6.88. The summed E-state index contributed by atoms with van der Waals surface area (Å²) in [5.41, 5.74) is 2.69. The molecule has 0 saturated heterocycles. The lowest BCUT2D eigenvalue weighted by Gasteiger charge is -2.14. The fourth-order valence-corrected chi connectivity index (χ4v) is 2.72. The van der Waals surface area contributed by atoms with Crippen LogP contribution in [0.25, 0.3) is 0 Å². The Kier molecular flexibility index (Phi) is 4.41. The van der Waals surface area contributed by atoms with Crippen molar-refractivity contribution in [3.05, 3.63) is 30.0 Å². The molecule has 1 aromatic rings. The van der Waals surface area contributed by atoms with E-state index in [1.807, 2.05) is 25.1 Å². The number of ketones is 1. The number of allylic oxidation sites excluding steroid dienone is 1. The number of carbonyl (C=O) groups is 2. The van der Waals surface area contributed by atoms with Gasteiger partial charge in [0.15, 0.2) is 5.78 Å². The van der Waals surface area contributed by atoms with Gasteiger partial charge in [0.25, 0.3) is 5.91 Å². The molecule has 1 fully saturated rings. The first-order chi connectivity index (χ1) is 11.1. The Bertz CT molecular complexity index is 708. The molecule has 1 aromatic heterocycles. The standard InChI is InChI=1S/C17H20BN3O2/c1-3-4-5-14(10(2)22)20-17(23)12-8-13-16(19-9-12)21-15(18-13)11-6-7-11/h3-4,8-9,11,14,18H,5-7H2,1-2H3,(H,20,23)/b4-3-/t14-/m0/s1. The molecule has 2 aliphatic rings. The lowest BCUT2D eigenvalue weighted by molar-refractivity contribution is -0.118. The summed E-state index contributed by atoms with van der Waals surface area (Å²) in [7, 11) is 0.794. The molecule has 0 bridgehead atoms. The maximum absolute atomic E-state index is 12.4.